The minimum Gasteiger partial charge on any atom is -0.456 e. The van der Waals surface area contributed by atoms with E-state index in [-0.39, 0.29) is 6.04 Å². The first-order valence-corrected chi connectivity index (χ1v) is 21.4. The highest BCUT2D eigenvalue weighted by molar-refractivity contribution is 7.19. The van der Waals surface area contributed by atoms with Crippen molar-refractivity contribution in [2.75, 3.05) is 0 Å². The van der Waals surface area contributed by atoms with Gasteiger partial charge in [-0.1, -0.05) is 127 Å². The standard InChI is InChI=1S/C55H35N3OS/c1-2-14-38(15-3-1)58-49-22-9-6-19-46(49)56-55(58)37-13-10-12-36(30-37)40-18-11-23-51-54(40)45-31-34(25-29-50(45)59-51)35-24-27-43-44-28-26-39(33-53(44)60-52(43)32-35)57-47-20-7-4-16-41(47)42-17-5-8-21-48(42)57/h1-32,39H,33H2. The summed E-state index contributed by atoms with van der Waals surface area (Å²) in [4.78, 5) is 6.61. The lowest BCUT2D eigenvalue weighted by atomic mass is 9.95. The van der Waals surface area contributed by atoms with Crippen LogP contribution >= 0.6 is 11.3 Å². The van der Waals surface area contributed by atoms with Crippen molar-refractivity contribution in [2.24, 2.45) is 0 Å². The molecule has 0 N–H and O–H groups in total. The number of imidazole rings is 1. The third-order valence-corrected chi connectivity index (χ3v) is 13.7. The Bertz CT molecular complexity index is 3660. The van der Waals surface area contributed by atoms with Gasteiger partial charge in [-0.25, -0.2) is 4.98 Å². The van der Waals surface area contributed by atoms with Crippen LogP contribution in [0.25, 0.3) is 110 Å². The summed E-state index contributed by atoms with van der Waals surface area (Å²) in [6, 6.07) is 65.6. The first-order valence-electron chi connectivity index (χ1n) is 20.5. The van der Waals surface area contributed by atoms with E-state index in [1.165, 1.54) is 53.5 Å². The largest absolute Gasteiger partial charge is 0.456 e. The highest BCUT2D eigenvalue weighted by Gasteiger charge is 2.24. The van der Waals surface area contributed by atoms with Gasteiger partial charge in [0, 0.05) is 59.8 Å². The molecule has 1 unspecified atom stereocenters. The van der Waals surface area contributed by atoms with Crippen molar-refractivity contribution in [3.63, 3.8) is 0 Å². The molecule has 1 aliphatic carbocycles. The van der Waals surface area contributed by atoms with Crippen LogP contribution in [-0.2, 0) is 6.42 Å². The Labute approximate surface area is 349 Å². The van der Waals surface area contributed by atoms with Crippen LogP contribution in [0.5, 0.6) is 0 Å². The van der Waals surface area contributed by atoms with Crippen molar-refractivity contribution in [3.8, 4) is 39.3 Å². The first-order chi connectivity index (χ1) is 29.7. The molecule has 4 aromatic heterocycles. The van der Waals surface area contributed by atoms with Gasteiger partial charge >= 0.3 is 0 Å². The Kier molecular flexibility index (Phi) is 7.27. The van der Waals surface area contributed by atoms with Crippen LogP contribution in [0.3, 0.4) is 0 Å². The monoisotopic (exact) mass is 785 g/mol. The molecule has 4 nitrogen and oxygen atoms in total. The molecule has 13 rings (SSSR count). The minimum absolute atomic E-state index is 0.256. The number of nitrogens with zero attached hydrogens (tertiary/aromatic N) is 3. The number of allylic oxidation sites excluding steroid dienone is 1. The number of thiophene rings is 1. The third kappa shape index (κ3) is 5.06. The molecule has 4 heterocycles. The molecule has 0 saturated carbocycles. The van der Waals surface area contributed by atoms with E-state index in [4.69, 9.17) is 9.40 Å². The zero-order valence-electron chi connectivity index (χ0n) is 32.4. The van der Waals surface area contributed by atoms with E-state index in [1.54, 1.807) is 0 Å². The summed E-state index contributed by atoms with van der Waals surface area (Å²) < 4.78 is 12.7. The summed E-state index contributed by atoms with van der Waals surface area (Å²) >= 11 is 1.94. The third-order valence-electron chi connectivity index (χ3n) is 12.5. The maximum Gasteiger partial charge on any atom is 0.145 e. The Morgan fingerprint density at radius 3 is 2.10 bits per heavy atom. The van der Waals surface area contributed by atoms with Crippen LogP contribution < -0.4 is 0 Å². The molecule has 60 heavy (non-hydrogen) atoms. The van der Waals surface area contributed by atoms with Crippen LogP contribution in [-0.4, -0.2) is 14.1 Å². The second-order valence-electron chi connectivity index (χ2n) is 15.9. The molecule has 1 aliphatic rings. The molecule has 282 valence electrons. The Balaban J connectivity index is 0.884. The maximum atomic E-state index is 6.53. The smallest absolute Gasteiger partial charge is 0.145 e. The molecule has 0 spiro atoms. The highest BCUT2D eigenvalue weighted by atomic mass is 32.1. The molecule has 8 aromatic carbocycles. The molecule has 12 aromatic rings. The van der Waals surface area contributed by atoms with Gasteiger partial charge in [0.05, 0.1) is 17.1 Å². The SMILES string of the molecule is C1=CC(n2c3ccccc3c3ccccc32)Cc2sc3cc(-c4ccc5oc6cccc(-c7cccc(-c8nc9ccccc9n8-c8ccccc8)c7)c6c5c4)ccc3c21. The molecule has 0 bridgehead atoms. The first kappa shape index (κ1) is 33.5. The normalized spacial score (nSPS) is 14.0. The number of furan rings is 1. The van der Waals surface area contributed by atoms with Crippen molar-refractivity contribution in [1.29, 1.82) is 0 Å². The van der Waals surface area contributed by atoms with Gasteiger partial charge in [0.15, 0.2) is 0 Å². The number of rotatable bonds is 5. The van der Waals surface area contributed by atoms with E-state index >= 15 is 0 Å². The summed E-state index contributed by atoms with van der Waals surface area (Å²) in [5.74, 6) is 0.916. The van der Waals surface area contributed by atoms with Crippen molar-refractivity contribution >= 4 is 82.3 Å². The molecule has 0 saturated heterocycles. The van der Waals surface area contributed by atoms with Gasteiger partial charge in [-0.15, -0.1) is 11.3 Å². The van der Waals surface area contributed by atoms with Crippen LogP contribution in [0, 0.1) is 0 Å². The van der Waals surface area contributed by atoms with Crippen molar-refractivity contribution in [2.45, 2.75) is 12.5 Å². The summed E-state index contributed by atoms with van der Waals surface area (Å²) in [5.41, 5.74) is 14.6. The highest BCUT2D eigenvalue weighted by Crippen LogP contribution is 2.44. The number of aromatic nitrogens is 3. The lowest BCUT2D eigenvalue weighted by Gasteiger charge is -2.21. The van der Waals surface area contributed by atoms with Gasteiger partial charge in [0.25, 0.3) is 0 Å². The maximum absolute atomic E-state index is 6.53. The zero-order valence-corrected chi connectivity index (χ0v) is 33.2. The zero-order chi connectivity index (χ0) is 39.3. The topological polar surface area (TPSA) is 35.9 Å². The lowest BCUT2D eigenvalue weighted by molar-refractivity contribution is 0.642. The van der Waals surface area contributed by atoms with Gasteiger partial charge in [0.1, 0.15) is 17.0 Å². The Hall–Kier alpha value is -7.47. The number of hydrogen-bond donors (Lipinski definition) is 0. The molecular formula is C55H35N3OS. The number of benzene rings is 8. The molecule has 0 fully saturated rings. The molecule has 0 aliphatic heterocycles. The van der Waals surface area contributed by atoms with Gasteiger partial charge in [-0.3, -0.25) is 4.57 Å². The van der Waals surface area contributed by atoms with E-state index in [2.05, 4.69) is 203 Å². The van der Waals surface area contributed by atoms with Crippen LogP contribution in [0.15, 0.2) is 192 Å². The van der Waals surface area contributed by atoms with Crippen molar-refractivity contribution in [1.82, 2.24) is 14.1 Å². The van der Waals surface area contributed by atoms with Gasteiger partial charge < -0.3 is 8.98 Å². The van der Waals surface area contributed by atoms with Crippen LogP contribution in [0.4, 0.5) is 0 Å². The second kappa shape index (κ2) is 13.0. The average molecular weight is 786 g/mol. The lowest BCUT2D eigenvalue weighted by Crippen LogP contribution is -2.11. The van der Waals surface area contributed by atoms with E-state index in [0.29, 0.717) is 0 Å². The quantitative estimate of drug-likeness (QED) is 0.174. The minimum atomic E-state index is 0.256. The van der Waals surface area contributed by atoms with Crippen molar-refractivity contribution in [3.05, 3.63) is 199 Å². The predicted molar refractivity (Wildman–Crippen MR) is 251 cm³/mol. The van der Waals surface area contributed by atoms with E-state index < -0.39 is 0 Å². The van der Waals surface area contributed by atoms with E-state index in [1.807, 2.05) is 11.3 Å². The van der Waals surface area contributed by atoms with Gasteiger partial charge in [-0.2, -0.15) is 0 Å². The fourth-order valence-corrected chi connectivity index (χ4v) is 11.0. The molecular weight excluding hydrogens is 751 g/mol. The fraction of sp³-hybridized carbons (Fsp3) is 0.0364. The molecule has 5 heteroatoms. The van der Waals surface area contributed by atoms with Gasteiger partial charge in [0.2, 0.25) is 0 Å². The summed E-state index contributed by atoms with van der Waals surface area (Å²) in [5, 5.41) is 6.20. The second-order valence-corrected chi connectivity index (χ2v) is 17.0. The number of fused-ring (bicyclic) bond motifs is 10. The number of para-hydroxylation sites is 5. The molecule has 1 atom stereocenters. The number of hydrogen-bond acceptors (Lipinski definition) is 3. The Morgan fingerprint density at radius 1 is 0.533 bits per heavy atom. The summed E-state index contributed by atoms with van der Waals surface area (Å²) in [6.07, 6.45) is 5.75. The average Bonchev–Trinajstić information content (AvgIpc) is 4.07. The van der Waals surface area contributed by atoms with Crippen LogP contribution in [0.2, 0.25) is 0 Å². The van der Waals surface area contributed by atoms with E-state index in [9.17, 15) is 0 Å². The van der Waals surface area contributed by atoms with Crippen molar-refractivity contribution < 1.29 is 4.42 Å². The summed E-state index contributed by atoms with van der Waals surface area (Å²) in [6.45, 7) is 0. The van der Waals surface area contributed by atoms with E-state index in [0.717, 1.165) is 67.6 Å². The predicted octanol–water partition coefficient (Wildman–Crippen LogP) is 15.1. The fourth-order valence-electron chi connectivity index (χ4n) is 9.76. The molecule has 0 amide bonds. The summed E-state index contributed by atoms with van der Waals surface area (Å²) in [7, 11) is 0. The van der Waals surface area contributed by atoms with Gasteiger partial charge in [-0.05, 0) is 99.9 Å². The van der Waals surface area contributed by atoms with Crippen LogP contribution in [0.1, 0.15) is 16.5 Å². The Morgan fingerprint density at radius 2 is 1.25 bits per heavy atom. The molecule has 0 radical (unpaired) electrons.